The first-order valence-corrected chi connectivity index (χ1v) is 8.68. The smallest absolute Gasteiger partial charge is 0.337 e. The summed E-state index contributed by atoms with van der Waals surface area (Å²) in [5.74, 6) is -0.313. The lowest BCUT2D eigenvalue weighted by atomic mass is 10.1. The minimum atomic E-state index is -0.472. The summed E-state index contributed by atoms with van der Waals surface area (Å²) in [5.41, 5.74) is 3.34. The third-order valence-corrected chi connectivity index (χ3v) is 4.16. The van der Waals surface area contributed by atoms with Crippen LogP contribution >= 0.6 is 0 Å². The average molecular weight is 376 g/mol. The summed E-state index contributed by atoms with van der Waals surface area (Å²) < 4.78 is 4.68. The predicted molar refractivity (Wildman–Crippen MR) is 106 cm³/mol. The lowest BCUT2D eigenvalue weighted by Gasteiger charge is -2.09. The number of anilines is 2. The van der Waals surface area contributed by atoms with Crippen LogP contribution in [0.2, 0.25) is 0 Å². The molecule has 28 heavy (non-hydrogen) atoms. The Kier molecular flexibility index (Phi) is 5.96. The Morgan fingerprint density at radius 3 is 2.54 bits per heavy atom. The van der Waals surface area contributed by atoms with E-state index in [0.29, 0.717) is 23.6 Å². The molecule has 3 rings (SSSR count). The number of carbonyl (C=O) groups excluding carboxylic acids is 2. The molecule has 0 aliphatic rings. The van der Waals surface area contributed by atoms with Crippen LogP contribution in [0.25, 0.3) is 0 Å². The molecule has 0 aliphatic heterocycles. The summed E-state index contributed by atoms with van der Waals surface area (Å²) in [5, 5.41) is 13.9. The zero-order valence-electron chi connectivity index (χ0n) is 15.6. The maximum absolute atomic E-state index is 12.3. The number of benzene rings is 2. The van der Waals surface area contributed by atoms with E-state index < -0.39 is 11.9 Å². The van der Waals surface area contributed by atoms with E-state index >= 15 is 0 Å². The van der Waals surface area contributed by atoms with Crippen LogP contribution in [0.1, 0.15) is 32.0 Å². The molecule has 1 aromatic heterocycles. The van der Waals surface area contributed by atoms with Crippen molar-refractivity contribution in [3.8, 4) is 0 Å². The fraction of sp³-hybridized carbons (Fsp3) is 0.143. The largest absolute Gasteiger partial charge is 0.465 e. The molecule has 7 nitrogen and oxygen atoms in total. The molecule has 2 aromatic carbocycles. The van der Waals surface area contributed by atoms with Crippen LogP contribution in [0.3, 0.4) is 0 Å². The van der Waals surface area contributed by atoms with Crippen molar-refractivity contribution in [1.82, 2.24) is 10.2 Å². The van der Waals surface area contributed by atoms with Crippen LogP contribution in [0.4, 0.5) is 11.5 Å². The number of ether oxygens (including phenoxy) is 1. The summed E-state index contributed by atoms with van der Waals surface area (Å²) in [4.78, 5) is 23.9. The molecule has 1 heterocycles. The molecule has 1 amide bonds. The topological polar surface area (TPSA) is 93.2 Å². The van der Waals surface area contributed by atoms with Gasteiger partial charge < -0.3 is 15.4 Å². The summed E-state index contributed by atoms with van der Waals surface area (Å²) >= 11 is 0. The van der Waals surface area contributed by atoms with Crippen molar-refractivity contribution in [2.75, 3.05) is 17.7 Å². The number of aromatic nitrogens is 2. The Hall–Kier alpha value is -3.74. The lowest BCUT2D eigenvalue weighted by molar-refractivity contribution is 0.0600. The van der Waals surface area contributed by atoms with Gasteiger partial charge in [-0.2, -0.15) is 0 Å². The molecule has 0 aliphatic carbocycles. The molecule has 0 radical (unpaired) electrons. The van der Waals surface area contributed by atoms with Gasteiger partial charge in [-0.25, -0.2) is 4.79 Å². The van der Waals surface area contributed by atoms with Gasteiger partial charge in [0, 0.05) is 12.2 Å². The summed E-state index contributed by atoms with van der Waals surface area (Å²) in [6.07, 6.45) is 0. The van der Waals surface area contributed by atoms with Crippen molar-refractivity contribution >= 4 is 23.4 Å². The molecule has 0 unspecified atom stereocenters. The first-order chi connectivity index (χ1) is 13.6. The Bertz CT molecular complexity index is 987. The van der Waals surface area contributed by atoms with E-state index in [1.54, 1.807) is 30.3 Å². The van der Waals surface area contributed by atoms with Crippen LogP contribution in [-0.4, -0.2) is 29.2 Å². The number of nitrogens with zero attached hydrogens (tertiary/aromatic N) is 2. The number of hydrogen-bond donors (Lipinski definition) is 2. The van der Waals surface area contributed by atoms with Crippen LogP contribution in [0.5, 0.6) is 0 Å². The second-order valence-corrected chi connectivity index (χ2v) is 6.11. The number of esters is 1. The van der Waals surface area contributed by atoms with Crippen LogP contribution in [0, 0.1) is 6.92 Å². The fourth-order valence-corrected chi connectivity index (χ4v) is 2.58. The monoisotopic (exact) mass is 376 g/mol. The zero-order chi connectivity index (χ0) is 19.9. The van der Waals surface area contributed by atoms with Crippen molar-refractivity contribution in [3.05, 3.63) is 83.0 Å². The Labute approximate surface area is 162 Å². The molecule has 7 heteroatoms. The van der Waals surface area contributed by atoms with Crippen molar-refractivity contribution < 1.29 is 14.3 Å². The van der Waals surface area contributed by atoms with Gasteiger partial charge in [0.25, 0.3) is 5.91 Å². The predicted octanol–water partition coefficient (Wildman–Crippen LogP) is 3.44. The van der Waals surface area contributed by atoms with Crippen LogP contribution in [0.15, 0.2) is 60.7 Å². The molecule has 0 fully saturated rings. The normalized spacial score (nSPS) is 10.2. The molecule has 0 spiro atoms. The highest BCUT2D eigenvalue weighted by atomic mass is 16.5. The maximum atomic E-state index is 12.3. The second-order valence-electron chi connectivity index (χ2n) is 6.11. The highest BCUT2D eigenvalue weighted by molar-refractivity contribution is 6.03. The average Bonchev–Trinajstić information content (AvgIpc) is 2.73. The Morgan fingerprint density at radius 1 is 1.00 bits per heavy atom. The number of hydrogen-bond acceptors (Lipinski definition) is 6. The third kappa shape index (κ3) is 4.70. The lowest BCUT2D eigenvalue weighted by Crippen LogP contribution is -2.15. The van der Waals surface area contributed by atoms with E-state index in [2.05, 4.69) is 25.6 Å². The molecule has 0 bridgehead atoms. The molecular weight excluding hydrogens is 356 g/mol. The first kappa shape index (κ1) is 19.0. The SMILES string of the molecule is COC(=O)c1cccc(NC(=O)c2ccc(NCc3ccccc3C)nn2)c1. The number of carbonyl (C=O) groups is 2. The summed E-state index contributed by atoms with van der Waals surface area (Å²) in [6, 6.07) is 17.8. The standard InChI is InChI=1S/C21H20N4O3/c1-14-6-3-4-7-16(14)13-22-19-11-10-18(24-25-19)20(26)23-17-9-5-8-15(12-17)21(27)28-2/h3-12H,13H2,1-2H3,(H,22,25)(H,23,26). The number of rotatable bonds is 6. The van der Waals surface area contributed by atoms with Crippen molar-refractivity contribution in [2.24, 2.45) is 0 Å². The zero-order valence-corrected chi connectivity index (χ0v) is 15.6. The first-order valence-electron chi connectivity index (χ1n) is 8.68. The van der Waals surface area contributed by atoms with E-state index in [0.717, 1.165) is 5.56 Å². The molecule has 0 saturated heterocycles. The van der Waals surface area contributed by atoms with Gasteiger partial charge in [-0.3, -0.25) is 4.79 Å². The molecule has 2 N–H and O–H groups in total. The van der Waals surface area contributed by atoms with Crippen LogP contribution in [-0.2, 0) is 11.3 Å². The van der Waals surface area contributed by atoms with Crippen molar-refractivity contribution in [2.45, 2.75) is 13.5 Å². The minimum absolute atomic E-state index is 0.171. The van der Waals surface area contributed by atoms with Crippen molar-refractivity contribution in [1.29, 1.82) is 0 Å². The van der Waals surface area contributed by atoms with Gasteiger partial charge in [0.1, 0.15) is 5.82 Å². The minimum Gasteiger partial charge on any atom is -0.465 e. The van der Waals surface area contributed by atoms with E-state index in [1.807, 2.05) is 31.2 Å². The van der Waals surface area contributed by atoms with E-state index in [9.17, 15) is 9.59 Å². The highest BCUT2D eigenvalue weighted by Crippen LogP contribution is 2.14. The Morgan fingerprint density at radius 2 is 1.82 bits per heavy atom. The maximum Gasteiger partial charge on any atom is 0.337 e. The molecule has 142 valence electrons. The summed E-state index contributed by atoms with van der Waals surface area (Å²) in [7, 11) is 1.30. The van der Waals surface area contributed by atoms with Gasteiger partial charge >= 0.3 is 5.97 Å². The Balaban J connectivity index is 1.62. The number of aryl methyl sites for hydroxylation is 1. The van der Waals surface area contributed by atoms with Gasteiger partial charge in [-0.15, -0.1) is 10.2 Å². The molecule has 0 saturated carbocycles. The van der Waals surface area contributed by atoms with Gasteiger partial charge in [-0.1, -0.05) is 30.3 Å². The van der Waals surface area contributed by atoms with Crippen molar-refractivity contribution in [3.63, 3.8) is 0 Å². The number of nitrogens with one attached hydrogen (secondary N) is 2. The highest BCUT2D eigenvalue weighted by Gasteiger charge is 2.11. The fourth-order valence-electron chi connectivity index (χ4n) is 2.58. The molecule has 0 atom stereocenters. The quantitative estimate of drug-likeness (QED) is 0.640. The van der Waals surface area contributed by atoms with Crippen LogP contribution < -0.4 is 10.6 Å². The van der Waals surface area contributed by atoms with E-state index in [4.69, 9.17) is 0 Å². The molecule has 3 aromatic rings. The van der Waals surface area contributed by atoms with Gasteiger partial charge in [0.2, 0.25) is 0 Å². The third-order valence-electron chi connectivity index (χ3n) is 4.16. The summed E-state index contributed by atoms with van der Waals surface area (Å²) in [6.45, 7) is 2.67. The van der Waals surface area contributed by atoms with Gasteiger partial charge in [-0.05, 0) is 48.4 Å². The van der Waals surface area contributed by atoms with Gasteiger partial charge in [0.15, 0.2) is 5.69 Å². The second kappa shape index (κ2) is 8.77. The molecular formula is C21H20N4O3. The van der Waals surface area contributed by atoms with E-state index in [-0.39, 0.29) is 5.69 Å². The van der Waals surface area contributed by atoms with E-state index in [1.165, 1.54) is 18.7 Å². The van der Waals surface area contributed by atoms with Gasteiger partial charge in [0.05, 0.1) is 12.7 Å². The number of methoxy groups -OCH3 is 1. The number of amides is 1.